The van der Waals surface area contributed by atoms with Crippen molar-refractivity contribution in [2.45, 2.75) is 197 Å². The zero-order valence-electron chi connectivity index (χ0n) is 64.4. The highest BCUT2D eigenvalue weighted by Gasteiger charge is 2.46. The molecule has 3 heterocycles. The van der Waals surface area contributed by atoms with Crippen molar-refractivity contribution < 1.29 is 87.2 Å². The topological polar surface area (TPSA) is 629 Å². The number of carboxylic acid groups (broad SMARTS) is 2. The Morgan fingerprint density at radius 3 is 1.73 bits per heavy atom. The molecule has 24 N–H and O–H groups in total. The molecule has 1 aliphatic heterocycles. The number of aliphatic imine (C=N–C) groups is 1. The van der Waals surface area contributed by atoms with Crippen molar-refractivity contribution in [3.8, 4) is 11.3 Å². The number of amides is 13. The summed E-state index contributed by atoms with van der Waals surface area (Å²) >= 11 is 2.70. The van der Waals surface area contributed by atoms with Crippen LogP contribution in [0.4, 0.5) is 0 Å². The molecule has 1 aliphatic rings. The molecule has 0 unspecified atom stereocenters. The summed E-state index contributed by atoms with van der Waals surface area (Å²) in [6.07, 6.45) is 3.98. The first-order valence-corrected chi connectivity index (χ1v) is 39.6. The van der Waals surface area contributed by atoms with Gasteiger partial charge in [-0.15, -0.1) is 5.10 Å². The zero-order valence-corrected chi connectivity index (χ0v) is 66.0. The molecule has 0 spiro atoms. The standard InChI is InChI=1S/C72H107N21O18S2/c1-9-36(3)58(88-61(100)44(73)19-15-25-78-72(76)77)69(108)86-50(30-55(74)95)65(104)84-51(31-56(75)96)66(105)89-59(37(4)10-2)70(109)92-33-41(93-34-52(90-91-93)42-17-12-11-16-38(42)5)29-54(92)68(107)85-49(28-40-32-79-45-20-14-13-18-43(40)45)64(103)87-53(35-94)67(106)82-46(21-22-57(97)98)62(101)80-39(6)60(99)81-47(23-26-112-7)63(102)83-48(71(110)111)24-27-113-8/h11-14,16-18,20,32,34,36-37,39,41,44,46-51,53-54,58-59,79,94H,9-10,15,19,21-31,33,35,73H2,1-8H3,(H2,74,95)(H2,75,96)(H,80,101)(H,81,99)(H,82,106)(H,83,102)(H,84,104)(H,85,107)(H,86,108)(H,87,103)(H,88,100)(H,89,105)(H,97,98)(H,110,111)(H4,76,77,78)/t36-,37-,39-,41-,44-,46-,47-,48-,49-,50-,51-,53-,54-,58-,59-/m0/s1. The molecule has 13 amide bonds. The second-order valence-corrected chi connectivity index (χ2v) is 29.6. The first kappa shape index (κ1) is 92.7. The van der Waals surface area contributed by atoms with Gasteiger partial charge in [0.15, 0.2) is 5.96 Å². The van der Waals surface area contributed by atoms with Crippen LogP contribution < -0.4 is 81.8 Å². The van der Waals surface area contributed by atoms with Gasteiger partial charge < -0.3 is 107 Å². The number of likely N-dealkylation sites (tertiary alicyclic amines) is 1. The minimum atomic E-state index is -1.95. The molecule has 15 atom stereocenters. The number of benzene rings is 2. The highest BCUT2D eigenvalue weighted by molar-refractivity contribution is 7.98. The lowest BCUT2D eigenvalue weighted by Crippen LogP contribution is -2.62. The van der Waals surface area contributed by atoms with E-state index < -0.39 is 211 Å². The lowest BCUT2D eigenvalue weighted by Gasteiger charge is -2.33. The second kappa shape index (κ2) is 45.5. The number of primary amides is 2. The number of fused-ring (bicyclic) bond motifs is 1. The smallest absolute Gasteiger partial charge is 0.326 e. The van der Waals surface area contributed by atoms with Crippen molar-refractivity contribution in [1.82, 2.24) is 78.0 Å². The lowest BCUT2D eigenvalue weighted by molar-refractivity contribution is -0.144. The molecule has 39 nitrogen and oxygen atoms in total. The van der Waals surface area contributed by atoms with E-state index in [1.54, 1.807) is 82.9 Å². The summed E-state index contributed by atoms with van der Waals surface area (Å²) in [6.45, 7) is 8.38. The molecule has 0 aliphatic carbocycles. The predicted molar refractivity (Wildman–Crippen MR) is 418 cm³/mol. The van der Waals surface area contributed by atoms with Crippen molar-refractivity contribution in [3.05, 3.63) is 72.1 Å². The predicted octanol–water partition coefficient (Wildman–Crippen LogP) is -3.34. The average molecular weight is 1620 g/mol. The number of para-hydroxylation sites is 1. The maximum absolute atomic E-state index is 15.7. The Morgan fingerprint density at radius 1 is 0.611 bits per heavy atom. The number of rotatable bonds is 48. The Kier molecular flexibility index (Phi) is 37.3. The highest BCUT2D eigenvalue weighted by atomic mass is 32.2. The van der Waals surface area contributed by atoms with Crippen molar-refractivity contribution in [2.24, 2.45) is 45.5 Å². The van der Waals surface area contributed by atoms with Gasteiger partial charge in [-0.2, -0.15) is 23.5 Å². The summed E-state index contributed by atoms with van der Waals surface area (Å²) in [7, 11) is 0. The number of aliphatic carboxylic acids is 2. The Morgan fingerprint density at radius 2 is 1.13 bits per heavy atom. The molecule has 2 aromatic carbocycles. The van der Waals surface area contributed by atoms with E-state index in [0.717, 1.165) is 10.5 Å². The summed E-state index contributed by atoms with van der Waals surface area (Å²) < 4.78 is 1.44. The van der Waals surface area contributed by atoms with Crippen molar-refractivity contribution in [1.29, 1.82) is 0 Å². The van der Waals surface area contributed by atoms with Gasteiger partial charge in [0.2, 0.25) is 76.8 Å². The van der Waals surface area contributed by atoms with Gasteiger partial charge >= 0.3 is 11.9 Å². The Labute approximate surface area is 661 Å². The van der Waals surface area contributed by atoms with Gasteiger partial charge in [-0.1, -0.05) is 88.2 Å². The van der Waals surface area contributed by atoms with E-state index in [1.165, 1.54) is 35.1 Å². The number of aliphatic hydroxyl groups excluding tert-OH is 1. The molecule has 2 aromatic heterocycles. The maximum Gasteiger partial charge on any atom is 0.326 e. The van der Waals surface area contributed by atoms with Crippen molar-refractivity contribution in [2.75, 3.05) is 43.7 Å². The summed E-state index contributed by atoms with van der Waals surface area (Å²) in [4.78, 5) is 216. The number of carbonyl (C=O) groups is 15. The van der Waals surface area contributed by atoms with Crippen molar-refractivity contribution in [3.63, 3.8) is 0 Å². The quantitative estimate of drug-likeness (QED) is 0.0117. The molecule has 113 heavy (non-hydrogen) atoms. The lowest BCUT2D eigenvalue weighted by atomic mass is 9.96. The van der Waals surface area contributed by atoms with Crippen LogP contribution in [0.3, 0.4) is 0 Å². The number of nitrogens with two attached hydrogens (primary N) is 5. The Hall–Kier alpha value is -10.9. The van der Waals surface area contributed by atoms with Crippen molar-refractivity contribution >= 4 is 129 Å². The first-order chi connectivity index (χ1) is 53.6. The number of aromatic amines is 1. The SMILES string of the molecule is CC[C@H](C)[C@H](NC(=O)[C@@H](N)CCCN=C(N)N)C(=O)N[C@@H](CC(N)=O)C(=O)N[C@@H](CC(N)=O)C(=O)N[C@H](C(=O)N1C[C@@H](n2cc(-c3ccccc3C)nn2)C[C@H]1C(=O)N[C@@H](Cc1c[nH]c2ccccc12)C(=O)N[C@@H](CO)C(=O)N[C@@H](CCC(=O)O)C(=O)N[C@@H](C)C(=O)N[C@@H](CCSC)C(=O)N[C@@H](CCSC)C(=O)O)[C@@H](C)CC. The largest absolute Gasteiger partial charge is 0.481 e. The minimum absolute atomic E-state index is 0.0486. The molecular weight excluding hydrogens is 1510 g/mol. The number of thioether (sulfide) groups is 2. The van der Waals surface area contributed by atoms with Crippen LogP contribution in [-0.2, 0) is 78.3 Å². The molecule has 0 bridgehead atoms. The molecule has 41 heteroatoms. The van der Waals surface area contributed by atoms with Crippen LogP contribution in [0.1, 0.15) is 122 Å². The molecule has 5 rings (SSSR count). The summed E-state index contributed by atoms with van der Waals surface area (Å²) in [5.41, 5.74) is 31.2. The average Bonchev–Trinajstić information content (AvgIpc) is 1.63. The fourth-order valence-electron chi connectivity index (χ4n) is 12.2. The number of hydrogen-bond donors (Lipinski definition) is 19. The number of guanidine groups is 1. The third-order valence-corrected chi connectivity index (χ3v) is 20.5. The molecule has 0 radical (unpaired) electrons. The first-order valence-electron chi connectivity index (χ1n) is 36.8. The van der Waals surface area contributed by atoms with Crippen LogP contribution in [0.2, 0.25) is 0 Å². The van der Waals surface area contributed by atoms with E-state index in [0.29, 0.717) is 52.1 Å². The maximum atomic E-state index is 15.7. The van der Waals surface area contributed by atoms with Gasteiger partial charge in [-0.25, -0.2) is 9.48 Å². The van der Waals surface area contributed by atoms with E-state index in [4.69, 9.17) is 28.7 Å². The highest BCUT2D eigenvalue weighted by Crippen LogP contribution is 2.32. The number of nitrogens with one attached hydrogen (secondary N) is 11. The monoisotopic (exact) mass is 1620 g/mol. The van der Waals surface area contributed by atoms with Crippen LogP contribution in [-0.4, -0.2) is 251 Å². The van der Waals surface area contributed by atoms with E-state index in [-0.39, 0.29) is 57.6 Å². The third kappa shape index (κ3) is 28.3. The number of H-pyrrole nitrogens is 1. The number of hydrogen-bond acceptors (Lipinski definition) is 22. The number of aryl methyl sites for hydroxylation is 1. The molecule has 620 valence electrons. The van der Waals surface area contributed by atoms with E-state index >= 15 is 14.4 Å². The number of aromatic nitrogens is 4. The molecule has 1 fully saturated rings. The van der Waals surface area contributed by atoms with Gasteiger partial charge in [-0.3, -0.25) is 72.1 Å². The molecule has 0 saturated carbocycles. The van der Waals surface area contributed by atoms with Gasteiger partial charge in [0, 0.05) is 55.0 Å². The van der Waals surface area contributed by atoms with Crippen LogP contribution >= 0.6 is 23.5 Å². The molecular formula is C72H107N21O18S2. The van der Waals surface area contributed by atoms with E-state index in [9.17, 15) is 72.9 Å². The van der Waals surface area contributed by atoms with E-state index in [1.807, 2.05) is 25.1 Å². The second-order valence-electron chi connectivity index (χ2n) is 27.7. The summed E-state index contributed by atoms with van der Waals surface area (Å²) in [5, 5.41) is 64.5. The number of aliphatic hydroxyl groups is 1. The summed E-state index contributed by atoms with van der Waals surface area (Å²) in [5.74, 6) is -17.0. The summed E-state index contributed by atoms with van der Waals surface area (Å²) in [6, 6.07) is -5.49. The Bertz CT molecular complexity index is 4040. The molecule has 1 saturated heterocycles. The Balaban J connectivity index is 1.48. The van der Waals surface area contributed by atoms with E-state index in [2.05, 4.69) is 73.5 Å². The number of nitrogens with zero attached hydrogens (tertiary/aromatic N) is 5. The van der Waals surface area contributed by atoms with Crippen LogP contribution in [0.5, 0.6) is 0 Å². The van der Waals surface area contributed by atoms with Crippen LogP contribution in [0, 0.1) is 18.8 Å². The third-order valence-electron chi connectivity index (χ3n) is 19.2. The normalized spacial score (nSPS) is 16.7. The number of carbonyl (C=O) groups excluding carboxylic acids is 13. The molecule has 4 aromatic rings. The van der Waals surface area contributed by atoms with Gasteiger partial charge in [0.25, 0.3) is 0 Å². The van der Waals surface area contributed by atoms with Crippen LogP contribution in [0.15, 0.2) is 65.9 Å². The fourth-order valence-corrected chi connectivity index (χ4v) is 13.2. The van der Waals surface area contributed by atoms with Gasteiger partial charge in [-0.05, 0) is 99.0 Å². The zero-order chi connectivity index (χ0) is 83.9. The van der Waals surface area contributed by atoms with Gasteiger partial charge in [0.1, 0.15) is 72.2 Å². The number of carboxylic acids is 2. The van der Waals surface area contributed by atoms with Crippen LogP contribution in [0.25, 0.3) is 22.2 Å². The van der Waals surface area contributed by atoms with Gasteiger partial charge in [0.05, 0.1) is 37.7 Å². The fraction of sp³-hybridized carbons (Fsp3) is 0.556. The minimum Gasteiger partial charge on any atom is -0.481 e.